The van der Waals surface area contributed by atoms with E-state index in [-0.39, 0.29) is 30.0 Å². The number of para-hydroxylation sites is 1. The maximum atomic E-state index is 13.8. The third-order valence-electron chi connectivity index (χ3n) is 6.03. The molecule has 1 aromatic heterocycles. The minimum atomic E-state index is -0.488. The number of nitrogens with zero attached hydrogens (tertiary/aromatic N) is 2. The Morgan fingerprint density at radius 2 is 1.97 bits per heavy atom. The largest absolute Gasteiger partial charge is 0.491 e. The number of benzene rings is 2. The molecule has 0 fully saturated rings. The zero-order valence-electron chi connectivity index (χ0n) is 19.7. The summed E-state index contributed by atoms with van der Waals surface area (Å²) in [6.07, 6.45) is 1.34. The van der Waals surface area contributed by atoms with Gasteiger partial charge in [0.15, 0.2) is 0 Å². The number of hydrogen-bond donors (Lipinski definition) is 0. The van der Waals surface area contributed by atoms with Crippen LogP contribution in [0, 0.1) is 5.82 Å². The third kappa shape index (κ3) is 6.26. The maximum absolute atomic E-state index is 13.8. The lowest BCUT2D eigenvalue weighted by atomic mass is 10.0. The molecule has 184 valence electrons. The van der Waals surface area contributed by atoms with Gasteiger partial charge in [-0.05, 0) is 60.2 Å². The second-order valence-electron chi connectivity index (χ2n) is 8.36. The molecule has 0 radical (unpaired) electrons. The first-order valence-electron chi connectivity index (χ1n) is 11.6. The zero-order chi connectivity index (χ0) is 24.6. The lowest BCUT2D eigenvalue weighted by Gasteiger charge is -2.37. The van der Waals surface area contributed by atoms with Crippen LogP contribution < -0.4 is 4.74 Å². The Morgan fingerprint density at radius 1 is 1.14 bits per heavy atom. The van der Waals surface area contributed by atoms with Gasteiger partial charge in [-0.2, -0.15) is 0 Å². The lowest BCUT2D eigenvalue weighted by Crippen LogP contribution is -2.48. The highest BCUT2D eigenvalue weighted by Crippen LogP contribution is 2.34. The van der Waals surface area contributed by atoms with Crippen molar-refractivity contribution in [3.8, 4) is 5.75 Å². The number of carbonyl (C=O) groups is 2. The van der Waals surface area contributed by atoms with Gasteiger partial charge in [-0.15, -0.1) is 11.3 Å². The van der Waals surface area contributed by atoms with Gasteiger partial charge in [0.05, 0.1) is 6.04 Å². The predicted molar refractivity (Wildman–Crippen MR) is 133 cm³/mol. The van der Waals surface area contributed by atoms with E-state index in [0.29, 0.717) is 32.7 Å². The van der Waals surface area contributed by atoms with Gasteiger partial charge in [-0.3, -0.25) is 9.59 Å². The molecule has 0 spiro atoms. The van der Waals surface area contributed by atoms with Crippen molar-refractivity contribution in [3.05, 3.63) is 87.9 Å². The van der Waals surface area contributed by atoms with Crippen LogP contribution in [0.2, 0.25) is 0 Å². The van der Waals surface area contributed by atoms with Crippen LogP contribution in [0.5, 0.6) is 5.75 Å². The number of carbonyl (C=O) groups excluding carboxylic acids is 2. The number of halogens is 1. The Kier molecular flexibility index (Phi) is 8.50. The van der Waals surface area contributed by atoms with E-state index in [1.165, 1.54) is 28.0 Å². The summed E-state index contributed by atoms with van der Waals surface area (Å²) in [5.74, 6) is -0.284. The summed E-state index contributed by atoms with van der Waals surface area (Å²) in [5, 5.41) is 2.04. The first kappa shape index (κ1) is 24.9. The van der Waals surface area contributed by atoms with Crippen LogP contribution in [0.15, 0.2) is 66.0 Å². The van der Waals surface area contributed by atoms with Crippen molar-refractivity contribution in [2.75, 3.05) is 40.0 Å². The molecule has 0 N–H and O–H groups in total. The van der Waals surface area contributed by atoms with Crippen molar-refractivity contribution in [1.82, 2.24) is 9.80 Å². The van der Waals surface area contributed by atoms with E-state index >= 15 is 0 Å². The number of rotatable bonds is 10. The molecule has 3 aromatic rings. The van der Waals surface area contributed by atoms with E-state index in [0.717, 1.165) is 17.7 Å². The quantitative estimate of drug-likeness (QED) is 0.386. The molecule has 0 saturated carbocycles. The summed E-state index contributed by atoms with van der Waals surface area (Å²) in [5.41, 5.74) is 1.31. The van der Waals surface area contributed by atoms with Crippen LogP contribution in [0.1, 0.15) is 33.3 Å². The smallest absolute Gasteiger partial charge is 0.254 e. The van der Waals surface area contributed by atoms with Crippen molar-refractivity contribution in [2.45, 2.75) is 18.9 Å². The third-order valence-corrected chi connectivity index (χ3v) is 7.02. The number of ether oxygens (including phenoxy) is 2. The summed E-state index contributed by atoms with van der Waals surface area (Å²) < 4.78 is 24.9. The van der Waals surface area contributed by atoms with Crippen molar-refractivity contribution in [1.29, 1.82) is 0 Å². The van der Waals surface area contributed by atoms with Crippen LogP contribution >= 0.6 is 11.3 Å². The van der Waals surface area contributed by atoms with Gasteiger partial charge in [0.25, 0.3) is 5.91 Å². The fourth-order valence-corrected chi connectivity index (χ4v) is 5.21. The molecule has 2 heterocycles. The summed E-state index contributed by atoms with van der Waals surface area (Å²) in [4.78, 5) is 31.3. The average molecular weight is 497 g/mol. The Labute approximate surface area is 208 Å². The second kappa shape index (κ2) is 12.0. The summed E-state index contributed by atoms with van der Waals surface area (Å²) in [6, 6.07) is 16.9. The molecule has 0 unspecified atom stereocenters. The fourth-order valence-electron chi connectivity index (χ4n) is 4.28. The Hall–Kier alpha value is -3.23. The Morgan fingerprint density at radius 3 is 2.74 bits per heavy atom. The molecule has 0 aliphatic carbocycles. The molecule has 6 nitrogen and oxygen atoms in total. The first-order valence-corrected chi connectivity index (χ1v) is 12.5. The van der Waals surface area contributed by atoms with Crippen LogP contribution in [-0.4, -0.2) is 61.6 Å². The van der Waals surface area contributed by atoms with E-state index < -0.39 is 5.82 Å². The standard InChI is InChI=1S/C27H29FN2O4S/c1-33-15-6-13-29(27(32)20-7-5-8-21(28)17-20)18-26(31)30-14-11-25-23(12-16-35-25)24(30)19-34-22-9-3-2-4-10-22/h2-5,7-10,12,16-17,24H,6,11,13-15,18-19H2,1H3/t24-/m0/s1. The van der Waals surface area contributed by atoms with Gasteiger partial charge in [0.1, 0.15) is 24.7 Å². The summed E-state index contributed by atoms with van der Waals surface area (Å²) in [6.45, 7) is 1.56. The number of fused-ring (bicyclic) bond motifs is 1. The maximum Gasteiger partial charge on any atom is 0.254 e. The van der Waals surface area contributed by atoms with Crippen molar-refractivity contribution in [3.63, 3.8) is 0 Å². The molecular formula is C27H29FN2O4S. The van der Waals surface area contributed by atoms with Crippen molar-refractivity contribution < 1.29 is 23.5 Å². The minimum Gasteiger partial charge on any atom is -0.491 e. The van der Waals surface area contributed by atoms with Gasteiger partial charge < -0.3 is 19.3 Å². The highest BCUT2D eigenvalue weighted by molar-refractivity contribution is 7.10. The van der Waals surface area contributed by atoms with Crippen LogP contribution in [-0.2, 0) is 16.0 Å². The highest BCUT2D eigenvalue weighted by Gasteiger charge is 2.33. The van der Waals surface area contributed by atoms with Gasteiger partial charge >= 0.3 is 0 Å². The van der Waals surface area contributed by atoms with Crippen LogP contribution in [0.3, 0.4) is 0 Å². The van der Waals surface area contributed by atoms with Crippen molar-refractivity contribution >= 4 is 23.2 Å². The van der Waals surface area contributed by atoms with Gasteiger partial charge in [-0.1, -0.05) is 24.3 Å². The topological polar surface area (TPSA) is 59.1 Å². The molecule has 1 aliphatic heterocycles. The minimum absolute atomic E-state index is 0.0969. The van der Waals surface area contributed by atoms with Crippen LogP contribution in [0.25, 0.3) is 0 Å². The predicted octanol–water partition coefficient (Wildman–Crippen LogP) is 4.57. The second-order valence-corrected chi connectivity index (χ2v) is 9.36. The number of methoxy groups -OCH3 is 1. The molecule has 1 atom stereocenters. The van der Waals surface area contributed by atoms with E-state index in [1.54, 1.807) is 29.4 Å². The molecule has 4 rings (SSSR count). The number of amides is 2. The van der Waals surface area contributed by atoms with Gasteiger partial charge in [0, 0.05) is 37.2 Å². The average Bonchev–Trinajstić information content (AvgIpc) is 3.36. The molecule has 8 heteroatoms. The van der Waals surface area contributed by atoms with Crippen LogP contribution in [0.4, 0.5) is 4.39 Å². The molecule has 2 amide bonds. The fraction of sp³-hybridized carbons (Fsp3) is 0.333. The molecule has 0 bridgehead atoms. The monoisotopic (exact) mass is 496 g/mol. The van der Waals surface area contributed by atoms with E-state index in [1.807, 2.05) is 41.8 Å². The van der Waals surface area contributed by atoms with E-state index in [9.17, 15) is 14.0 Å². The molecule has 1 aliphatic rings. The normalized spacial score (nSPS) is 14.9. The molecule has 2 aromatic carbocycles. The first-order chi connectivity index (χ1) is 17.1. The summed E-state index contributed by atoms with van der Waals surface area (Å²) >= 11 is 1.69. The summed E-state index contributed by atoms with van der Waals surface area (Å²) in [7, 11) is 1.59. The van der Waals surface area contributed by atoms with E-state index in [2.05, 4.69) is 0 Å². The Bertz CT molecular complexity index is 1140. The van der Waals surface area contributed by atoms with Gasteiger partial charge in [0.2, 0.25) is 5.91 Å². The SMILES string of the molecule is COCCCN(CC(=O)N1CCc2sccc2[C@@H]1COc1ccccc1)C(=O)c1cccc(F)c1. The molecule has 35 heavy (non-hydrogen) atoms. The molecular weight excluding hydrogens is 467 g/mol. The van der Waals surface area contributed by atoms with Gasteiger partial charge in [-0.25, -0.2) is 4.39 Å². The highest BCUT2D eigenvalue weighted by atomic mass is 32.1. The number of thiophene rings is 1. The zero-order valence-corrected chi connectivity index (χ0v) is 20.5. The van der Waals surface area contributed by atoms with E-state index in [4.69, 9.17) is 9.47 Å². The lowest BCUT2D eigenvalue weighted by molar-refractivity contribution is -0.135. The van der Waals surface area contributed by atoms with Crippen molar-refractivity contribution in [2.24, 2.45) is 0 Å². The molecule has 0 saturated heterocycles. The Balaban J connectivity index is 1.52. The number of hydrogen-bond acceptors (Lipinski definition) is 5.